The molecule has 3 heterocycles. The summed E-state index contributed by atoms with van der Waals surface area (Å²) in [4.78, 5) is 21.3. The molecule has 0 N–H and O–H groups in total. The maximum atomic E-state index is 12.4. The predicted octanol–water partition coefficient (Wildman–Crippen LogP) is 3.81. The number of carbonyl (C=O) groups is 1. The maximum Gasteiger partial charge on any atom is 0.227 e. The highest BCUT2D eigenvalue weighted by atomic mass is 16.5. The summed E-state index contributed by atoms with van der Waals surface area (Å²) in [6, 6.07) is 12.1. The van der Waals surface area contributed by atoms with E-state index in [9.17, 15) is 4.79 Å². The molecule has 0 bridgehead atoms. The third-order valence-electron chi connectivity index (χ3n) is 5.56. The predicted molar refractivity (Wildman–Crippen MR) is 117 cm³/mol. The topological polar surface area (TPSA) is 75.6 Å². The third kappa shape index (κ3) is 5.82. The molecular formula is C24H30N4O3. The molecular weight excluding hydrogens is 392 g/mol. The summed E-state index contributed by atoms with van der Waals surface area (Å²) in [6.07, 6.45) is 3.61. The molecule has 7 nitrogen and oxygen atoms in total. The summed E-state index contributed by atoms with van der Waals surface area (Å²) in [6.45, 7) is 8.46. The first-order valence-corrected chi connectivity index (χ1v) is 11.0. The average molecular weight is 423 g/mol. The van der Waals surface area contributed by atoms with E-state index in [1.54, 1.807) is 6.26 Å². The smallest absolute Gasteiger partial charge is 0.227 e. The zero-order valence-electron chi connectivity index (χ0n) is 18.3. The van der Waals surface area contributed by atoms with Crippen LogP contribution in [-0.4, -0.2) is 52.0 Å². The van der Waals surface area contributed by atoms with E-state index in [4.69, 9.17) is 8.94 Å². The Bertz CT molecular complexity index is 955. The molecule has 0 radical (unpaired) electrons. The van der Waals surface area contributed by atoms with Crippen LogP contribution < -0.4 is 0 Å². The van der Waals surface area contributed by atoms with Gasteiger partial charge in [0.25, 0.3) is 0 Å². The number of benzene rings is 1. The van der Waals surface area contributed by atoms with Crippen LogP contribution >= 0.6 is 0 Å². The Balaban J connectivity index is 1.24. The average Bonchev–Trinajstić information content (AvgIpc) is 3.45. The fraction of sp³-hybridized carbons (Fsp3) is 0.458. The summed E-state index contributed by atoms with van der Waals surface area (Å²) < 4.78 is 10.7. The Morgan fingerprint density at radius 3 is 2.55 bits per heavy atom. The van der Waals surface area contributed by atoms with Crippen molar-refractivity contribution >= 4 is 5.91 Å². The molecule has 7 heteroatoms. The molecule has 1 fully saturated rings. The summed E-state index contributed by atoms with van der Waals surface area (Å²) >= 11 is 0. The molecule has 0 aliphatic carbocycles. The van der Waals surface area contributed by atoms with Crippen molar-refractivity contribution in [3.05, 3.63) is 59.9 Å². The Hall–Kier alpha value is -2.93. The number of rotatable bonds is 8. The van der Waals surface area contributed by atoms with Crippen molar-refractivity contribution in [3.63, 3.8) is 0 Å². The number of furan rings is 1. The van der Waals surface area contributed by atoms with Crippen LogP contribution in [0.25, 0.3) is 11.4 Å². The van der Waals surface area contributed by atoms with Gasteiger partial charge in [0.1, 0.15) is 5.76 Å². The van der Waals surface area contributed by atoms with Gasteiger partial charge in [0.05, 0.1) is 6.26 Å². The summed E-state index contributed by atoms with van der Waals surface area (Å²) in [7, 11) is 0. The molecule has 1 aromatic carbocycles. The quantitative estimate of drug-likeness (QED) is 0.550. The van der Waals surface area contributed by atoms with E-state index in [-0.39, 0.29) is 5.91 Å². The van der Waals surface area contributed by atoms with Gasteiger partial charge in [-0.2, -0.15) is 4.98 Å². The molecule has 0 saturated carbocycles. The minimum Gasteiger partial charge on any atom is -0.469 e. The number of aryl methyl sites for hydroxylation is 1. The summed E-state index contributed by atoms with van der Waals surface area (Å²) in [5.74, 6) is 2.89. The number of hydrogen-bond donors (Lipinski definition) is 0. The van der Waals surface area contributed by atoms with Gasteiger partial charge in [-0.15, -0.1) is 0 Å². The van der Waals surface area contributed by atoms with Gasteiger partial charge in [0, 0.05) is 57.5 Å². The van der Waals surface area contributed by atoms with E-state index in [1.807, 2.05) is 29.2 Å². The van der Waals surface area contributed by atoms with Crippen LogP contribution in [0.1, 0.15) is 37.5 Å². The number of aromatic nitrogens is 2. The lowest BCUT2D eigenvalue weighted by Crippen LogP contribution is -2.48. The molecule has 0 atom stereocenters. The summed E-state index contributed by atoms with van der Waals surface area (Å²) in [5, 5.41) is 4.10. The van der Waals surface area contributed by atoms with E-state index >= 15 is 0 Å². The van der Waals surface area contributed by atoms with Crippen molar-refractivity contribution in [2.75, 3.05) is 26.2 Å². The first-order valence-electron chi connectivity index (χ1n) is 11.0. The molecule has 3 aromatic rings. The number of piperazine rings is 1. The van der Waals surface area contributed by atoms with Gasteiger partial charge in [0.2, 0.25) is 17.6 Å². The highest BCUT2D eigenvalue weighted by molar-refractivity contribution is 5.76. The van der Waals surface area contributed by atoms with E-state index in [0.717, 1.165) is 50.5 Å². The van der Waals surface area contributed by atoms with E-state index < -0.39 is 0 Å². The molecule has 0 unspecified atom stereocenters. The molecule has 1 aliphatic rings. The zero-order chi connectivity index (χ0) is 21.6. The lowest BCUT2D eigenvalue weighted by molar-refractivity contribution is -0.133. The minimum absolute atomic E-state index is 0.206. The van der Waals surface area contributed by atoms with Gasteiger partial charge < -0.3 is 13.8 Å². The molecule has 4 rings (SSSR count). The lowest BCUT2D eigenvalue weighted by Gasteiger charge is -2.34. The fourth-order valence-corrected chi connectivity index (χ4v) is 3.82. The Labute approximate surface area is 183 Å². The maximum absolute atomic E-state index is 12.4. The number of carbonyl (C=O) groups excluding carboxylic acids is 1. The Kier molecular flexibility index (Phi) is 6.82. The van der Waals surface area contributed by atoms with E-state index in [2.05, 4.69) is 41.0 Å². The standard InChI is InChI=1S/C24H30N4O3/c1-18(2)16-22-25-24(26-31-22)20-7-5-19(6-8-20)17-27-11-13-28(14-12-27)23(29)10-9-21-4-3-15-30-21/h3-8,15,18H,9-14,16-17H2,1-2H3. The van der Waals surface area contributed by atoms with Crippen LogP contribution in [0, 0.1) is 5.92 Å². The molecule has 1 amide bonds. The van der Waals surface area contributed by atoms with Crippen LogP contribution in [0.3, 0.4) is 0 Å². The minimum atomic E-state index is 0.206. The lowest BCUT2D eigenvalue weighted by atomic mass is 10.1. The molecule has 1 aliphatic heterocycles. The van der Waals surface area contributed by atoms with Gasteiger partial charge >= 0.3 is 0 Å². The van der Waals surface area contributed by atoms with E-state index in [1.165, 1.54) is 5.56 Å². The van der Waals surface area contributed by atoms with Crippen LogP contribution in [-0.2, 0) is 24.2 Å². The zero-order valence-corrected chi connectivity index (χ0v) is 18.3. The van der Waals surface area contributed by atoms with Crippen LogP contribution in [0.2, 0.25) is 0 Å². The molecule has 164 valence electrons. The largest absolute Gasteiger partial charge is 0.469 e. The van der Waals surface area contributed by atoms with Gasteiger partial charge in [0.15, 0.2) is 0 Å². The van der Waals surface area contributed by atoms with Crippen molar-refractivity contribution < 1.29 is 13.7 Å². The van der Waals surface area contributed by atoms with Crippen LogP contribution in [0.5, 0.6) is 0 Å². The second kappa shape index (κ2) is 9.92. The monoisotopic (exact) mass is 422 g/mol. The molecule has 31 heavy (non-hydrogen) atoms. The van der Waals surface area contributed by atoms with E-state index in [0.29, 0.717) is 30.5 Å². The van der Waals surface area contributed by atoms with Crippen molar-refractivity contribution in [1.82, 2.24) is 19.9 Å². The van der Waals surface area contributed by atoms with Crippen molar-refractivity contribution in [3.8, 4) is 11.4 Å². The van der Waals surface area contributed by atoms with Crippen LogP contribution in [0.4, 0.5) is 0 Å². The summed E-state index contributed by atoms with van der Waals surface area (Å²) in [5.41, 5.74) is 2.21. The number of nitrogens with zero attached hydrogens (tertiary/aromatic N) is 4. The van der Waals surface area contributed by atoms with Crippen LogP contribution in [0.15, 0.2) is 51.6 Å². The Morgan fingerprint density at radius 2 is 1.87 bits per heavy atom. The second-order valence-corrected chi connectivity index (χ2v) is 8.54. The number of hydrogen-bond acceptors (Lipinski definition) is 6. The first-order chi connectivity index (χ1) is 15.1. The SMILES string of the molecule is CC(C)Cc1nc(-c2ccc(CN3CCN(C(=O)CCc4ccco4)CC3)cc2)no1. The molecule has 0 spiro atoms. The highest BCUT2D eigenvalue weighted by Gasteiger charge is 2.21. The van der Waals surface area contributed by atoms with Crippen molar-refractivity contribution in [1.29, 1.82) is 0 Å². The first kappa shape index (κ1) is 21.3. The molecule has 1 saturated heterocycles. The fourth-order valence-electron chi connectivity index (χ4n) is 3.82. The third-order valence-corrected chi connectivity index (χ3v) is 5.56. The van der Waals surface area contributed by atoms with Gasteiger partial charge in [-0.3, -0.25) is 9.69 Å². The Morgan fingerprint density at radius 1 is 1.10 bits per heavy atom. The normalized spacial score (nSPS) is 15.0. The van der Waals surface area contributed by atoms with Gasteiger partial charge in [-0.25, -0.2) is 0 Å². The highest BCUT2D eigenvalue weighted by Crippen LogP contribution is 2.19. The van der Waals surface area contributed by atoms with Gasteiger partial charge in [-0.05, 0) is 23.6 Å². The van der Waals surface area contributed by atoms with Crippen molar-refractivity contribution in [2.24, 2.45) is 5.92 Å². The second-order valence-electron chi connectivity index (χ2n) is 8.54. The number of amides is 1. The molecule has 2 aromatic heterocycles. The van der Waals surface area contributed by atoms with Crippen molar-refractivity contribution in [2.45, 2.75) is 39.7 Å². The van der Waals surface area contributed by atoms with Gasteiger partial charge in [-0.1, -0.05) is 43.3 Å².